The van der Waals surface area contributed by atoms with E-state index >= 15 is 0 Å². The molecule has 1 N–H and O–H groups in total. The first kappa shape index (κ1) is 20.9. The Labute approximate surface area is 167 Å². The van der Waals surface area contributed by atoms with Crippen LogP contribution >= 0.6 is 0 Å². The van der Waals surface area contributed by atoms with E-state index < -0.39 is 11.7 Å². The molecule has 154 valence electrons. The quantitative estimate of drug-likeness (QED) is 0.762. The number of benzene rings is 2. The van der Waals surface area contributed by atoms with Gasteiger partial charge in [-0.3, -0.25) is 9.59 Å². The van der Waals surface area contributed by atoms with Gasteiger partial charge in [-0.15, -0.1) is 0 Å². The van der Waals surface area contributed by atoms with Crippen molar-refractivity contribution in [2.75, 3.05) is 11.4 Å². The molecule has 2 aromatic rings. The van der Waals surface area contributed by atoms with Gasteiger partial charge < -0.3 is 10.2 Å². The second kappa shape index (κ2) is 8.68. The third kappa shape index (κ3) is 5.37. The molecule has 1 aliphatic heterocycles. The molecule has 29 heavy (non-hydrogen) atoms. The molecule has 1 heterocycles. The molecular weight excluding hydrogens is 381 g/mol. The maximum atomic E-state index is 12.6. The molecule has 1 saturated heterocycles. The van der Waals surface area contributed by atoms with Gasteiger partial charge in [0.05, 0.1) is 5.56 Å². The highest BCUT2D eigenvalue weighted by Gasteiger charge is 2.30. The molecule has 3 rings (SSSR count). The molecule has 1 unspecified atom stereocenters. The van der Waals surface area contributed by atoms with E-state index in [0.717, 1.165) is 36.3 Å². The van der Waals surface area contributed by atoms with Crippen LogP contribution in [-0.2, 0) is 22.3 Å². The van der Waals surface area contributed by atoms with Crippen molar-refractivity contribution in [1.29, 1.82) is 0 Å². The van der Waals surface area contributed by atoms with Crippen LogP contribution < -0.4 is 10.2 Å². The van der Waals surface area contributed by atoms with Gasteiger partial charge in [-0.05, 0) is 47.7 Å². The Hall–Kier alpha value is -2.83. The van der Waals surface area contributed by atoms with Gasteiger partial charge in [0.15, 0.2) is 0 Å². The van der Waals surface area contributed by atoms with Crippen molar-refractivity contribution in [3.8, 4) is 0 Å². The molecule has 7 heteroatoms. The average Bonchev–Trinajstić information content (AvgIpc) is 3.12. The molecule has 0 aliphatic carbocycles. The van der Waals surface area contributed by atoms with Gasteiger partial charge in [-0.2, -0.15) is 13.2 Å². The lowest BCUT2D eigenvalue weighted by molar-refractivity contribution is -0.137. The maximum absolute atomic E-state index is 12.6. The monoisotopic (exact) mass is 404 g/mol. The lowest BCUT2D eigenvalue weighted by Crippen LogP contribution is -2.25. The summed E-state index contributed by atoms with van der Waals surface area (Å²) in [5, 5.41) is 2.83. The van der Waals surface area contributed by atoms with E-state index in [9.17, 15) is 22.8 Å². The van der Waals surface area contributed by atoms with Crippen molar-refractivity contribution in [2.24, 2.45) is 0 Å². The number of hydrogen-bond acceptors (Lipinski definition) is 2. The first-order valence-electron chi connectivity index (χ1n) is 9.57. The number of carbonyl (C=O) groups is 2. The Bertz CT molecular complexity index is 861. The maximum Gasteiger partial charge on any atom is 0.416 e. The summed E-state index contributed by atoms with van der Waals surface area (Å²) in [4.78, 5) is 25.7. The topological polar surface area (TPSA) is 49.4 Å². The Morgan fingerprint density at radius 1 is 1.10 bits per heavy atom. The fourth-order valence-corrected chi connectivity index (χ4v) is 3.38. The minimum Gasteiger partial charge on any atom is -0.352 e. The molecule has 2 aromatic carbocycles. The zero-order chi connectivity index (χ0) is 21.0. The molecule has 1 fully saturated rings. The summed E-state index contributed by atoms with van der Waals surface area (Å²) < 4.78 is 37.9. The smallest absolute Gasteiger partial charge is 0.352 e. The third-order valence-corrected chi connectivity index (χ3v) is 5.11. The van der Waals surface area contributed by atoms with Crippen molar-refractivity contribution >= 4 is 17.5 Å². The summed E-state index contributed by atoms with van der Waals surface area (Å²) in [6.45, 7) is 2.90. The molecular formula is C22H23F3N2O2. The van der Waals surface area contributed by atoms with E-state index in [1.807, 2.05) is 31.2 Å². The first-order chi connectivity index (χ1) is 13.7. The average molecular weight is 404 g/mol. The largest absolute Gasteiger partial charge is 0.416 e. The van der Waals surface area contributed by atoms with Crippen LogP contribution in [0.1, 0.15) is 48.8 Å². The van der Waals surface area contributed by atoms with Crippen LogP contribution in [0.25, 0.3) is 0 Å². The Morgan fingerprint density at radius 2 is 1.76 bits per heavy atom. The fraction of sp³-hybridized carbons (Fsp3) is 0.364. The molecule has 0 spiro atoms. The van der Waals surface area contributed by atoms with Crippen molar-refractivity contribution in [1.82, 2.24) is 5.32 Å². The molecule has 1 atom stereocenters. The highest BCUT2D eigenvalue weighted by molar-refractivity contribution is 5.95. The summed E-state index contributed by atoms with van der Waals surface area (Å²) in [5.41, 5.74) is 1.76. The van der Waals surface area contributed by atoms with E-state index in [1.165, 1.54) is 12.1 Å². The number of carbonyl (C=O) groups excluding carboxylic acids is 2. The summed E-state index contributed by atoms with van der Waals surface area (Å²) in [5.74, 6) is -0.236. The van der Waals surface area contributed by atoms with Crippen LogP contribution in [-0.4, -0.2) is 18.4 Å². The minimum atomic E-state index is -4.36. The van der Waals surface area contributed by atoms with Crippen LogP contribution in [0, 0.1) is 0 Å². The highest BCUT2D eigenvalue weighted by atomic mass is 19.4. The molecule has 0 bridgehead atoms. The van der Waals surface area contributed by atoms with E-state index in [0.29, 0.717) is 18.5 Å². The number of nitrogens with one attached hydrogen (secondary N) is 1. The van der Waals surface area contributed by atoms with Crippen molar-refractivity contribution in [3.05, 3.63) is 65.2 Å². The van der Waals surface area contributed by atoms with Gasteiger partial charge in [0, 0.05) is 31.6 Å². The summed E-state index contributed by atoms with van der Waals surface area (Å²) in [7, 11) is 0. The molecule has 4 nitrogen and oxygen atoms in total. The lowest BCUT2D eigenvalue weighted by Gasteiger charge is -2.16. The van der Waals surface area contributed by atoms with Crippen molar-refractivity contribution < 1.29 is 22.8 Å². The number of alkyl halides is 3. The fourth-order valence-electron chi connectivity index (χ4n) is 3.38. The number of halogens is 3. The van der Waals surface area contributed by atoms with Gasteiger partial charge >= 0.3 is 6.18 Å². The van der Waals surface area contributed by atoms with Crippen LogP contribution in [0.4, 0.5) is 18.9 Å². The van der Waals surface area contributed by atoms with Crippen molar-refractivity contribution in [3.63, 3.8) is 0 Å². The van der Waals surface area contributed by atoms with Crippen LogP contribution in [0.3, 0.4) is 0 Å². The van der Waals surface area contributed by atoms with Crippen LogP contribution in [0.2, 0.25) is 0 Å². The highest BCUT2D eigenvalue weighted by Crippen LogP contribution is 2.30. The predicted octanol–water partition coefficient (Wildman–Crippen LogP) is 4.64. The Balaban J connectivity index is 1.49. The SMILES string of the molecule is CC(CC(=O)NCc1ccc(N2CCCC2=O)cc1)c1ccc(C(F)(F)F)cc1. The van der Waals surface area contributed by atoms with Gasteiger partial charge in [0.25, 0.3) is 0 Å². The number of amides is 2. The van der Waals surface area contributed by atoms with E-state index in [4.69, 9.17) is 0 Å². The Kier molecular flexibility index (Phi) is 6.25. The third-order valence-electron chi connectivity index (χ3n) is 5.11. The number of rotatable bonds is 6. The standard InChI is InChI=1S/C22H23F3N2O2/c1-15(17-6-8-18(9-7-17)22(23,24)25)13-20(28)26-14-16-4-10-19(11-5-16)27-12-2-3-21(27)29/h4-11,15H,2-3,12-14H2,1H3,(H,26,28). The molecule has 2 amide bonds. The minimum absolute atomic E-state index is 0.128. The normalized spacial score (nSPS) is 15.4. The van der Waals surface area contributed by atoms with Crippen LogP contribution in [0.15, 0.2) is 48.5 Å². The number of anilines is 1. The zero-order valence-corrected chi connectivity index (χ0v) is 16.1. The number of nitrogens with zero attached hydrogens (tertiary/aromatic N) is 1. The predicted molar refractivity (Wildman–Crippen MR) is 104 cm³/mol. The number of hydrogen-bond donors (Lipinski definition) is 1. The molecule has 0 radical (unpaired) electrons. The summed E-state index contributed by atoms with van der Waals surface area (Å²) >= 11 is 0. The van der Waals surface area contributed by atoms with E-state index in [-0.39, 0.29) is 24.2 Å². The van der Waals surface area contributed by atoms with Gasteiger partial charge in [0.2, 0.25) is 11.8 Å². The second-order valence-electron chi connectivity index (χ2n) is 7.32. The van der Waals surface area contributed by atoms with Crippen molar-refractivity contribution in [2.45, 2.75) is 44.8 Å². The summed E-state index contributed by atoms with van der Waals surface area (Å²) in [6.07, 6.45) is -2.73. The molecule has 0 saturated carbocycles. The second-order valence-corrected chi connectivity index (χ2v) is 7.32. The van der Waals surface area contributed by atoms with Gasteiger partial charge in [-0.1, -0.05) is 31.2 Å². The summed E-state index contributed by atoms with van der Waals surface area (Å²) in [6, 6.07) is 12.4. The van der Waals surface area contributed by atoms with E-state index in [1.54, 1.807) is 4.90 Å². The first-order valence-corrected chi connectivity index (χ1v) is 9.57. The van der Waals surface area contributed by atoms with E-state index in [2.05, 4.69) is 5.32 Å². The molecule has 0 aromatic heterocycles. The van der Waals surface area contributed by atoms with Crippen LogP contribution in [0.5, 0.6) is 0 Å². The van der Waals surface area contributed by atoms with Gasteiger partial charge in [-0.25, -0.2) is 0 Å². The zero-order valence-electron chi connectivity index (χ0n) is 16.1. The van der Waals surface area contributed by atoms with Gasteiger partial charge in [0.1, 0.15) is 0 Å². The molecule has 1 aliphatic rings. The lowest BCUT2D eigenvalue weighted by atomic mass is 9.96. The Morgan fingerprint density at radius 3 is 2.31 bits per heavy atom.